The molecule has 0 unspecified atom stereocenters. The van der Waals surface area contributed by atoms with Gasteiger partial charge in [-0.3, -0.25) is 4.79 Å². The summed E-state index contributed by atoms with van der Waals surface area (Å²) in [6.07, 6.45) is 0. The van der Waals surface area contributed by atoms with Gasteiger partial charge in [0, 0.05) is 17.6 Å². The second-order valence-corrected chi connectivity index (χ2v) is 5.49. The van der Waals surface area contributed by atoms with Crippen molar-refractivity contribution >= 4 is 23.2 Å². The Balaban J connectivity index is 2.28. The Morgan fingerprint density at radius 1 is 1.25 bits per heavy atom. The minimum atomic E-state index is -0.327. The van der Waals surface area contributed by atoms with Crippen molar-refractivity contribution in [3.8, 4) is 5.75 Å². The number of amides is 1. The Morgan fingerprint density at radius 3 is 2.67 bits per heavy atom. The maximum absolute atomic E-state index is 12.0. The molecule has 0 saturated carbocycles. The van der Waals surface area contributed by atoms with E-state index in [4.69, 9.17) is 21.2 Å². The van der Waals surface area contributed by atoms with Crippen LogP contribution in [0.4, 0.5) is 0 Å². The lowest BCUT2D eigenvalue weighted by atomic mass is 10.0. The molecule has 0 fully saturated rings. The van der Waals surface area contributed by atoms with E-state index in [1.165, 1.54) is 7.11 Å². The van der Waals surface area contributed by atoms with Crippen LogP contribution in [-0.2, 0) is 16.2 Å². The van der Waals surface area contributed by atoms with E-state index in [1.54, 1.807) is 19.2 Å². The molecule has 0 aliphatic rings. The predicted octanol–water partition coefficient (Wildman–Crippen LogP) is 3.32. The van der Waals surface area contributed by atoms with E-state index in [0.29, 0.717) is 17.2 Å². The van der Waals surface area contributed by atoms with Gasteiger partial charge in [-0.2, -0.15) is 0 Å². The van der Waals surface area contributed by atoms with Crippen molar-refractivity contribution in [3.05, 3.63) is 64.2 Å². The van der Waals surface area contributed by atoms with Crippen LogP contribution < -0.4 is 10.1 Å². The number of carbonyl (C=O) groups excluding carboxylic acids is 1. The van der Waals surface area contributed by atoms with E-state index in [1.807, 2.05) is 37.3 Å². The summed E-state index contributed by atoms with van der Waals surface area (Å²) in [6, 6.07) is 12.8. The van der Waals surface area contributed by atoms with E-state index < -0.39 is 0 Å². The van der Waals surface area contributed by atoms with Crippen molar-refractivity contribution in [1.82, 2.24) is 5.32 Å². The Labute approximate surface area is 146 Å². The normalized spacial score (nSPS) is 11.1. The average molecular weight is 347 g/mol. The number of nitrogens with one attached hydrogen (secondary N) is 1. The van der Waals surface area contributed by atoms with E-state index in [-0.39, 0.29) is 11.6 Å². The van der Waals surface area contributed by atoms with Crippen LogP contribution in [-0.4, -0.2) is 25.8 Å². The topological polar surface area (TPSA) is 59.9 Å². The molecular weight excluding hydrogens is 328 g/mol. The molecule has 0 aliphatic carbocycles. The van der Waals surface area contributed by atoms with Gasteiger partial charge in [0.2, 0.25) is 0 Å². The monoisotopic (exact) mass is 346 g/mol. The number of carbonyl (C=O) groups is 1. The summed E-state index contributed by atoms with van der Waals surface area (Å²) in [7, 11) is 2.95. The van der Waals surface area contributed by atoms with Crippen molar-refractivity contribution in [1.29, 1.82) is 0 Å². The maximum Gasteiger partial charge on any atom is 0.273 e. The summed E-state index contributed by atoms with van der Waals surface area (Å²) >= 11 is 5.96. The van der Waals surface area contributed by atoms with Crippen LogP contribution in [0.5, 0.6) is 5.75 Å². The van der Waals surface area contributed by atoms with Crippen molar-refractivity contribution in [2.45, 2.75) is 13.5 Å². The summed E-state index contributed by atoms with van der Waals surface area (Å²) in [5, 5.41) is 7.06. The van der Waals surface area contributed by atoms with Gasteiger partial charge in [0.15, 0.2) is 5.71 Å². The number of nitrogens with zero attached hydrogens (tertiary/aromatic N) is 1. The molecule has 24 heavy (non-hydrogen) atoms. The summed E-state index contributed by atoms with van der Waals surface area (Å²) < 4.78 is 5.87. The van der Waals surface area contributed by atoms with Crippen LogP contribution in [0.25, 0.3) is 0 Å². The fourth-order valence-corrected chi connectivity index (χ4v) is 2.46. The highest BCUT2D eigenvalue weighted by Crippen LogP contribution is 2.23. The van der Waals surface area contributed by atoms with Crippen LogP contribution in [0.1, 0.15) is 16.7 Å². The van der Waals surface area contributed by atoms with E-state index >= 15 is 0 Å². The van der Waals surface area contributed by atoms with Crippen LogP contribution in [0.3, 0.4) is 0 Å². The molecule has 2 aromatic carbocycles. The van der Waals surface area contributed by atoms with E-state index in [2.05, 4.69) is 10.5 Å². The molecular formula is C18H19ClN2O3. The van der Waals surface area contributed by atoms with Gasteiger partial charge in [-0.15, -0.1) is 0 Å². The third-order valence-electron chi connectivity index (χ3n) is 3.42. The fourth-order valence-electron chi connectivity index (χ4n) is 2.23. The fraction of sp³-hybridized carbons (Fsp3) is 0.222. The third-order valence-corrected chi connectivity index (χ3v) is 3.65. The first kappa shape index (κ1) is 17.8. The second-order valence-electron chi connectivity index (χ2n) is 5.06. The zero-order chi connectivity index (χ0) is 17.5. The lowest BCUT2D eigenvalue weighted by Crippen LogP contribution is -2.29. The minimum absolute atomic E-state index is 0.201. The van der Waals surface area contributed by atoms with Crippen LogP contribution in [0.2, 0.25) is 5.02 Å². The molecule has 6 heteroatoms. The lowest BCUT2D eigenvalue weighted by Gasteiger charge is -2.13. The molecule has 0 bridgehead atoms. The lowest BCUT2D eigenvalue weighted by molar-refractivity contribution is -0.114. The quantitative estimate of drug-likeness (QED) is 0.644. The highest BCUT2D eigenvalue weighted by molar-refractivity contribution is 6.45. The van der Waals surface area contributed by atoms with Gasteiger partial charge in [0.05, 0.1) is 0 Å². The summed E-state index contributed by atoms with van der Waals surface area (Å²) in [6.45, 7) is 2.22. The number of aryl methyl sites for hydroxylation is 1. The van der Waals surface area contributed by atoms with Crippen molar-refractivity contribution in [3.63, 3.8) is 0 Å². The highest BCUT2D eigenvalue weighted by Gasteiger charge is 2.17. The van der Waals surface area contributed by atoms with Crippen LogP contribution in [0, 0.1) is 6.92 Å². The van der Waals surface area contributed by atoms with Gasteiger partial charge in [-0.05, 0) is 36.2 Å². The molecule has 1 N–H and O–H groups in total. The number of rotatable bonds is 6. The number of hydrogen-bond donors (Lipinski definition) is 1. The zero-order valence-corrected chi connectivity index (χ0v) is 14.6. The van der Waals surface area contributed by atoms with Crippen molar-refractivity contribution < 1.29 is 14.4 Å². The largest absolute Gasteiger partial charge is 0.489 e. The van der Waals surface area contributed by atoms with E-state index in [0.717, 1.165) is 16.9 Å². The Bertz CT molecular complexity index is 760. The van der Waals surface area contributed by atoms with E-state index in [9.17, 15) is 4.79 Å². The number of hydrogen-bond acceptors (Lipinski definition) is 4. The molecule has 1 amide bonds. The first-order valence-electron chi connectivity index (χ1n) is 7.37. The smallest absolute Gasteiger partial charge is 0.273 e. The molecule has 5 nitrogen and oxygen atoms in total. The van der Waals surface area contributed by atoms with Gasteiger partial charge in [0.25, 0.3) is 5.91 Å². The highest BCUT2D eigenvalue weighted by atomic mass is 35.5. The zero-order valence-electron chi connectivity index (χ0n) is 13.8. The molecule has 0 saturated heterocycles. The van der Waals surface area contributed by atoms with Gasteiger partial charge in [-0.25, -0.2) is 0 Å². The standard InChI is InChI=1S/C18H19ClN2O3/c1-12-10-14(19)8-9-16(12)24-11-13-6-4-5-7-15(13)17(21-23-3)18(22)20-2/h4-10H,11H2,1-3H3,(H,20,22)/b21-17-. The van der Waals surface area contributed by atoms with Gasteiger partial charge < -0.3 is 14.9 Å². The molecule has 0 spiro atoms. The molecule has 0 aliphatic heterocycles. The molecule has 0 radical (unpaired) electrons. The Kier molecular flexibility index (Phi) is 6.21. The van der Waals surface area contributed by atoms with Crippen molar-refractivity contribution in [2.24, 2.45) is 5.16 Å². The summed E-state index contributed by atoms with van der Waals surface area (Å²) in [5.74, 6) is 0.409. The number of likely N-dealkylation sites (N-methyl/N-ethyl adjacent to an activating group) is 1. The van der Waals surface area contributed by atoms with Crippen molar-refractivity contribution in [2.75, 3.05) is 14.2 Å². The first-order valence-corrected chi connectivity index (χ1v) is 7.75. The van der Waals surface area contributed by atoms with Crippen LogP contribution >= 0.6 is 11.6 Å². The van der Waals surface area contributed by atoms with Crippen LogP contribution in [0.15, 0.2) is 47.6 Å². The SMILES string of the molecule is CNC(=O)/C(=N\OC)c1ccccc1COc1ccc(Cl)cc1C. The molecule has 0 aromatic heterocycles. The Morgan fingerprint density at radius 2 is 2.00 bits per heavy atom. The summed E-state index contributed by atoms with van der Waals surface area (Å²) in [5.41, 5.74) is 2.63. The number of oxime groups is 1. The number of benzene rings is 2. The second kappa shape index (κ2) is 8.36. The minimum Gasteiger partial charge on any atom is -0.489 e. The predicted molar refractivity (Wildman–Crippen MR) is 94.6 cm³/mol. The molecule has 126 valence electrons. The third kappa shape index (κ3) is 4.26. The molecule has 0 heterocycles. The van der Waals surface area contributed by atoms with Gasteiger partial charge in [0.1, 0.15) is 19.5 Å². The van der Waals surface area contributed by atoms with Gasteiger partial charge in [-0.1, -0.05) is 41.0 Å². The molecule has 0 atom stereocenters. The maximum atomic E-state index is 12.0. The average Bonchev–Trinajstić information content (AvgIpc) is 2.59. The Hall–Kier alpha value is -2.53. The van der Waals surface area contributed by atoms with Gasteiger partial charge >= 0.3 is 0 Å². The first-order chi connectivity index (χ1) is 11.6. The molecule has 2 aromatic rings. The number of halogens is 1. The molecule has 2 rings (SSSR count). The number of ether oxygens (including phenoxy) is 1. The summed E-state index contributed by atoms with van der Waals surface area (Å²) in [4.78, 5) is 16.8.